The molecule has 0 radical (unpaired) electrons. The Morgan fingerprint density at radius 1 is 0.667 bits per heavy atom. The van der Waals surface area contributed by atoms with Crippen molar-refractivity contribution in [3.8, 4) is 11.5 Å². The van der Waals surface area contributed by atoms with Gasteiger partial charge in [-0.05, 0) is 24.3 Å². The molecule has 0 fully saturated rings. The number of benzene rings is 1. The summed E-state index contributed by atoms with van der Waals surface area (Å²) >= 11 is 0. The zero-order valence-electron chi connectivity index (χ0n) is 8.81. The van der Waals surface area contributed by atoms with E-state index < -0.39 is 25.6 Å². The van der Waals surface area contributed by atoms with Crippen molar-refractivity contribution >= 4 is 0 Å². The van der Waals surface area contributed by atoms with Crippen molar-refractivity contribution in [2.45, 2.75) is 12.4 Å². The van der Waals surface area contributed by atoms with E-state index in [4.69, 9.17) is 0 Å². The average molecular weight is 274 g/mol. The van der Waals surface area contributed by atoms with E-state index in [2.05, 4.69) is 9.47 Å². The molecule has 1 aromatic rings. The van der Waals surface area contributed by atoms with Gasteiger partial charge in [-0.1, -0.05) is 0 Å². The third-order valence-electron chi connectivity index (χ3n) is 1.63. The highest BCUT2D eigenvalue weighted by Gasteiger charge is 2.29. The van der Waals surface area contributed by atoms with E-state index in [0.29, 0.717) is 0 Å². The lowest BCUT2D eigenvalue weighted by Gasteiger charge is -2.11. The lowest BCUT2D eigenvalue weighted by Crippen LogP contribution is -2.19. The van der Waals surface area contributed by atoms with Gasteiger partial charge in [-0.3, -0.25) is 0 Å². The summed E-state index contributed by atoms with van der Waals surface area (Å²) in [6.45, 7) is -2.93. The second kappa shape index (κ2) is 5.36. The Balaban J connectivity index is 2.48. The van der Waals surface area contributed by atoms with Crippen molar-refractivity contribution in [3.05, 3.63) is 24.3 Å². The molecular weight excluding hydrogens is 266 g/mol. The molecule has 8 heteroatoms. The predicted molar refractivity (Wildman–Crippen MR) is 49.5 cm³/mol. The molecule has 0 atom stereocenters. The van der Waals surface area contributed by atoms with Crippen LogP contribution in [0.4, 0.5) is 26.3 Å². The van der Waals surface area contributed by atoms with Crippen molar-refractivity contribution in [2.75, 3.05) is 13.2 Å². The Morgan fingerprint density at radius 3 is 1.17 bits per heavy atom. The van der Waals surface area contributed by atoms with E-state index >= 15 is 0 Å². The number of rotatable bonds is 4. The second-order valence-corrected chi connectivity index (χ2v) is 3.28. The van der Waals surface area contributed by atoms with Gasteiger partial charge in [-0.2, -0.15) is 26.3 Å². The first kappa shape index (κ1) is 14.5. The van der Waals surface area contributed by atoms with E-state index in [-0.39, 0.29) is 11.5 Å². The second-order valence-electron chi connectivity index (χ2n) is 3.28. The molecule has 0 saturated carbocycles. The van der Waals surface area contributed by atoms with Gasteiger partial charge >= 0.3 is 12.4 Å². The summed E-state index contributed by atoms with van der Waals surface area (Å²) in [6, 6.07) is 4.38. The van der Waals surface area contributed by atoms with Crippen LogP contribution in [0.5, 0.6) is 11.5 Å². The summed E-state index contributed by atoms with van der Waals surface area (Å²) in [5.41, 5.74) is 0. The standard InChI is InChI=1S/C10H8F6O2/c11-9(12,13)5-17-7-1-2-8(4-3-7)18-6-10(14,15)16/h1-4H,5-6H2. The maximum Gasteiger partial charge on any atom is 0.422 e. The van der Waals surface area contributed by atoms with Crippen molar-refractivity contribution in [3.63, 3.8) is 0 Å². The van der Waals surface area contributed by atoms with E-state index in [9.17, 15) is 26.3 Å². The highest BCUT2D eigenvalue weighted by Crippen LogP contribution is 2.23. The minimum Gasteiger partial charge on any atom is -0.484 e. The molecule has 102 valence electrons. The quantitative estimate of drug-likeness (QED) is 0.781. The van der Waals surface area contributed by atoms with Crippen LogP contribution in [0, 0.1) is 0 Å². The molecule has 0 bridgehead atoms. The van der Waals surface area contributed by atoms with Gasteiger partial charge in [0.05, 0.1) is 0 Å². The van der Waals surface area contributed by atoms with Gasteiger partial charge in [-0.15, -0.1) is 0 Å². The van der Waals surface area contributed by atoms with Gasteiger partial charge in [0.25, 0.3) is 0 Å². The Labute approximate surface area is 98.1 Å². The summed E-state index contributed by atoms with van der Waals surface area (Å²) in [4.78, 5) is 0. The topological polar surface area (TPSA) is 18.5 Å². The van der Waals surface area contributed by atoms with Crippen LogP contribution in [0.15, 0.2) is 24.3 Å². The summed E-state index contributed by atoms with van der Waals surface area (Å²) in [5.74, 6) is -0.210. The fraction of sp³-hybridized carbons (Fsp3) is 0.400. The molecule has 0 heterocycles. The Bertz CT molecular complexity index is 330. The van der Waals surface area contributed by atoms with E-state index in [0.717, 1.165) is 24.3 Å². The minimum absolute atomic E-state index is 0.105. The number of alkyl halides is 6. The Hall–Kier alpha value is -1.60. The van der Waals surface area contributed by atoms with Crippen molar-refractivity contribution in [1.82, 2.24) is 0 Å². The minimum atomic E-state index is -4.47. The maximum atomic E-state index is 11.8. The molecule has 0 amide bonds. The molecule has 0 aromatic heterocycles. The van der Waals surface area contributed by atoms with Crippen LogP contribution in [0.25, 0.3) is 0 Å². The van der Waals surface area contributed by atoms with Gasteiger partial charge < -0.3 is 9.47 Å². The molecule has 0 aliphatic carbocycles. The van der Waals surface area contributed by atoms with Gasteiger partial charge in [0, 0.05) is 0 Å². The molecule has 0 unspecified atom stereocenters. The Morgan fingerprint density at radius 2 is 0.944 bits per heavy atom. The fourth-order valence-electron chi connectivity index (χ4n) is 0.962. The van der Waals surface area contributed by atoms with Crippen LogP contribution in [-0.4, -0.2) is 25.6 Å². The van der Waals surface area contributed by atoms with Crippen LogP contribution in [0.2, 0.25) is 0 Å². The van der Waals surface area contributed by atoms with Gasteiger partial charge in [0.15, 0.2) is 13.2 Å². The molecule has 18 heavy (non-hydrogen) atoms. The van der Waals surface area contributed by atoms with Crippen molar-refractivity contribution in [2.24, 2.45) is 0 Å². The molecule has 0 N–H and O–H groups in total. The fourth-order valence-corrected chi connectivity index (χ4v) is 0.962. The molecule has 0 saturated heterocycles. The number of hydrogen-bond donors (Lipinski definition) is 0. The zero-order valence-corrected chi connectivity index (χ0v) is 8.81. The number of hydrogen-bond acceptors (Lipinski definition) is 2. The molecule has 2 nitrogen and oxygen atoms in total. The first-order valence-corrected chi connectivity index (χ1v) is 4.65. The molecule has 0 aliphatic heterocycles. The summed E-state index contributed by atoms with van der Waals surface area (Å²) in [7, 11) is 0. The van der Waals surface area contributed by atoms with Gasteiger partial charge in [0.2, 0.25) is 0 Å². The van der Waals surface area contributed by atoms with Crippen LogP contribution < -0.4 is 9.47 Å². The third kappa shape index (κ3) is 6.21. The number of ether oxygens (including phenoxy) is 2. The normalized spacial score (nSPS) is 12.3. The molecular formula is C10H8F6O2. The summed E-state index contributed by atoms with van der Waals surface area (Å²) < 4.78 is 79.5. The highest BCUT2D eigenvalue weighted by atomic mass is 19.4. The third-order valence-corrected chi connectivity index (χ3v) is 1.63. The number of halogens is 6. The van der Waals surface area contributed by atoms with E-state index in [1.165, 1.54) is 0 Å². The smallest absolute Gasteiger partial charge is 0.422 e. The highest BCUT2D eigenvalue weighted by molar-refractivity contribution is 5.31. The van der Waals surface area contributed by atoms with Crippen LogP contribution >= 0.6 is 0 Å². The average Bonchev–Trinajstić information content (AvgIpc) is 2.23. The zero-order chi connectivity index (χ0) is 13.8. The Kier molecular flexibility index (Phi) is 4.31. The van der Waals surface area contributed by atoms with Crippen molar-refractivity contribution < 1.29 is 35.8 Å². The van der Waals surface area contributed by atoms with Crippen LogP contribution in [-0.2, 0) is 0 Å². The van der Waals surface area contributed by atoms with Crippen molar-refractivity contribution in [1.29, 1.82) is 0 Å². The molecule has 0 aliphatic rings. The predicted octanol–water partition coefficient (Wildman–Crippen LogP) is 3.57. The van der Waals surface area contributed by atoms with Crippen LogP contribution in [0.1, 0.15) is 0 Å². The van der Waals surface area contributed by atoms with E-state index in [1.54, 1.807) is 0 Å². The lowest BCUT2D eigenvalue weighted by atomic mass is 10.3. The SMILES string of the molecule is FC(F)(F)COc1ccc(OCC(F)(F)F)cc1. The van der Waals surface area contributed by atoms with Gasteiger partial charge in [-0.25, -0.2) is 0 Å². The monoisotopic (exact) mass is 274 g/mol. The molecule has 1 aromatic carbocycles. The first-order valence-electron chi connectivity index (χ1n) is 4.65. The summed E-state index contributed by atoms with van der Waals surface area (Å²) in [5, 5.41) is 0. The summed E-state index contributed by atoms with van der Waals surface area (Å²) in [6.07, 6.45) is -8.93. The maximum absolute atomic E-state index is 11.8. The van der Waals surface area contributed by atoms with E-state index in [1.807, 2.05) is 0 Å². The molecule has 0 spiro atoms. The molecule has 1 rings (SSSR count). The first-order chi connectivity index (χ1) is 8.16. The lowest BCUT2D eigenvalue weighted by molar-refractivity contribution is -0.154. The van der Waals surface area contributed by atoms with Gasteiger partial charge in [0.1, 0.15) is 11.5 Å². The van der Waals surface area contributed by atoms with Crippen LogP contribution in [0.3, 0.4) is 0 Å². The largest absolute Gasteiger partial charge is 0.484 e.